The minimum atomic E-state index is -0.408. The van der Waals surface area contributed by atoms with Crippen LogP contribution in [-0.2, 0) is 24.4 Å². The number of benzene rings is 2. The molecule has 6 aromatic rings. The second kappa shape index (κ2) is 13.6. The second-order valence-electron chi connectivity index (χ2n) is 12.5. The van der Waals surface area contributed by atoms with Gasteiger partial charge < -0.3 is 19.4 Å². The van der Waals surface area contributed by atoms with Crippen LogP contribution in [-0.4, -0.2) is 71.3 Å². The Hall–Kier alpha value is -5.24. The van der Waals surface area contributed by atoms with Crippen LogP contribution in [0.5, 0.6) is 5.88 Å². The van der Waals surface area contributed by atoms with Gasteiger partial charge >= 0.3 is 0 Å². The lowest BCUT2D eigenvalue weighted by Crippen LogP contribution is -2.33. The SMILES string of the molecule is Cc1[nH]nc2ncc(C(=O)Nc3ccc4c(c3)nc(CN3CC=C(c5cccc(OCc6ccc(Cl)cc6F)n5)CC3)n4C[C@@H]3CCO3)nc12. The number of aryl methyl sites for hydroxylation is 1. The van der Waals surface area contributed by atoms with Gasteiger partial charge in [0.2, 0.25) is 5.88 Å². The van der Waals surface area contributed by atoms with Gasteiger partial charge in [0.05, 0.1) is 47.8 Å². The molecule has 1 saturated heterocycles. The monoisotopic (exact) mass is 693 g/mol. The van der Waals surface area contributed by atoms with E-state index in [0.29, 0.717) is 46.4 Å². The number of amides is 1. The summed E-state index contributed by atoms with van der Waals surface area (Å²) >= 11 is 5.87. The van der Waals surface area contributed by atoms with E-state index in [4.69, 9.17) is 31.0 Å². The number of carbonyl (C=O) groups is 1. The molecule has 0 aliphatic carbocycles. The molecule has 1 atom stereocenters. The standard InChI is InChI=1S/C36H33ClFN9O3/c1-21-34-35(45-44-21)39-17-30(43-34)36(48)40-25-7-8-31-29(16-25)41-32(47(31)18-26-11-14-49-26)19-46-12-9-22(10-13-46)28-3-2-4-33(42-28)50-20-23-5-6-24(37)15-27(23)38/h2-9,15-17,26H,10-14,18-20H2,1H3,(H,40,48)(H,39,44,45)/t26-/m0/s1. The Morgan fingerprint density at radius 3 is 2.86 bits per heavy atom. The Morgan fingerprint density at radius 2 is 2.06 bits per heavy atom. The number of halogens is 2. The molecule has 0 saturated carbocycles. The maximum absolute atomic E-state index is 14.2. The summed E-state index contributed by atoms with van der Waals surface area (Å²) in [4.78, 5) is 33.9. The van der Waals surface area contributed by atoms with Crippen LogP contribution >= 0.6 is 11.6 Å². The molecule has 50 heavy (non-hydrogen) atoms. The molecule has 12 nitrogen and oxygen atoms in total. The van der Waals surface area contributed by atoms with Gasteiger partial charge in [-0.15, -0.1) is 0 Å². The van der Waals surface area contributed by atoms with Crippen molar-refractivity contribution in [3.63, 3.8) is 0 Å². The molecule has 254 valence electrons. The number of nitrogens with zero attached hydrogens (tertiary/aromatic N) is 7. The predicted octanol–water partition coefficient (Wildman–Crippen LogP) is 6.11. The van der Waals surface area contributed by atoms with E-state index in [2.05, 4.69) is 41.0 Å². The fourth-order valence-corrected chi connectivity index (χ4v) is 6.34. The molecule has 0 bridgehead atoms. The molecule has 1 fully saturated rings. The minimum absolute atomic E-state index is 0.0593. The fraction of sp³-hybridized carbons (Fsp3) is 0.278. The number of aromatic amines is 1. The third-order valence-corrected chi connectivity index (χ3v) is 9.27. The lowest BCUT2D eigenvalue weighted by Gasteiger charge is -2.29. The van der Waals surface area contributed by atoms with Crippen LogP contribution in [0.4, 0.5) is 10.1 Å². The van der Waals surface area contributed by atoms with Crippen LogP contribution in [0.15, 0.2) is 66.9 Å². The van der Waals surface area contributed by atoms with Crippen molar-refractivity contribution in [2.75, 3.05) is 25.0 Å². The first-order valence-electron chi connectivity index (χ1n) is 16.4. The number of fused-ring (bicyclic) bond motifs is 2. The summed E-state index contributed by atoms with van der Waals surface area (Å²) in [6.07, 6.45) is 5.57. The van der Waals surface area contributed by atoms with Gasteiger partial charge in [-0.25, -0.2) is 24.3 Å². The maximum Gasteiger partial charge on any atom is 0.275 e. The molecule has 2 N–H and O–H groups in total. The Morgan fingerprint density at radius 1 is 1.16 bits per heavy atom. The summed E-state index contributed by atoms with van der Waals surface area (Å²) in [5, 5.41) is 10.2. The highest BCUT2D eigenvalue weighted by atomic mass is 35.5. The first-order chi connectivity index (χ1) is 24.4. The van der Waals surface area contributed by atoms with Crippen molar-refractivity contribution in [1.82, 2.24) is 39.6 Å². The molecule has 0 unspecified atom stereocenters. The highest BCUT2D eigenvalue weighted by Crippen LogP contribution is 2.28. The predicted molar refractivity (Wildman–Crippen MR) is 186 cm³/mol. The zero-order chi connectivity index (χ0) is 34.2. The van der Waals surface area contributed by atoms with Crippen molar-refractivity contribution < 1.29 is 18.7 Å². The number of anilines is 1. The smallest absolute Gasteiger partial charge is 0.275 e. The van der Waals surface area contributed by atoms with E-state index in [9.17, 15) is 9.18 Å². The number of ether oxygens (including phenoxy) is 2. The van der Waals surface area contributed by atoms with E-state index in [0.717, 1.165) is 66.4 Å². The van der Waals surface area contributed by atoms with Gasteiger partial charge in [-0.3, -0.25) is 14.8 Å². The third-order valence-electron chi connectivity index (χ3n) is 9.04. The lowest BCUT2D eigenvalue weighted by atomic mass is 10.0. The molecule has 0 radical (unpaired) electrons. The van der Waals surface area contributed by atoms with E-state index in [1.807, 2.05) is 37.3 Å². The number of rotatable bonds is 10. The van der Waals surface area contributed by atoms with Crippen molar-refractivity contribution in [3.05, 3.63) is 106 Å². The first kappa shape index (κ1) is 32.0. The summed E-state index contributed by atoms with van der Waals surface area (Å²) in [6, 6.07) is 15.9. The first-order valence-corrected chi connectivity index (χ1v) is 16.8. The van der Waals surface area contributed by atoms with Crippen LogP contribution in [0, 0.1) is 12.7 Å². The molecule has 0 spiro atoms. The highest BCUT2D eigenvalue weighted by molar-refractivity contribution is 6.30. The summed E-state index contributed by atoms with van der Waals surface area (Å²) in [6.45, 7) is 5.57. The average molecular weight is 694 g/mol. The fourth-order valence-electron chi connectivity index (χ4n) is 6.18. The summed E-state index contributed by atoms with van der Waals surface area (Å²) in [7, 11) is 0. The largest absolute Gasteiger partial charge is 0.473 e. The molecule has 2 aromatic carbocycles. The Kier molecular flexibility index (Phi) is 8.69. The van der Waals surface area contributed by atoms with Crippen molar-refractivity contribution in [1.29, 1.82) is 0 Å². The maximum atomic E-state index is 14.2. The van der Waals surface area contributed by atoms with Gasteiger partial charge in [0, 0.05) is 42.0 Å². The lowest BCUT2D eigenvalue weighted by molar-refractivity contribution is -0.0591. The molecule has 6 heterocycles. The van der Waals surface area contributed by atoms with Gasteiger partial charge in [0.1, 0.15) is 29.5 Å². The van der Waals surface area contributed by atoms with Crippen molar-refractivity contribution in [2.45, 2.75) is 45.6 Å². The minimum Gasteiger partial charge on any atom is -0.473 e. The quantitative estimate of drug-likeness (QED) is 0.174. The van der Waals surface area contributed by atoms with E-state index < -0.39 is 5.82 Å². The number of nitrogens with one attached hydrogen (secondary N) is 2. The number of hydrogen-bond donors (Lipinski definition) is 2. The molecule has 4 aromatic heterocycles. The highest BCUT2D eigenvalue weighted by Gasteiger charge is 2.24. The Balaban J connectivity index is 0.962. The topological polar surface area (TPSA) is 136 Å². The van der Waals surface area contributed by atoms with Crippen molar-refractivity contribution >= 4 is 51.0 Å². The molecule has 2 aliphatic rings. The van der Waals surface area contributed by atoms with Gasteiger partial charge in [-0.2, -0.15) is 5.10 Å². The van der Waals surface area contributed by atoms with Crippen LogP contribution in [0.3, 0.4) is 0 Å². The number of imidazole rings is 1. The van der Waals surface area contributed by atoms with Crippen LogP contribution in [0.25, 0.3) is 27.8 Å². The Bertz CT molecular complexity index is 2260. The number of carbonyl (C=O) groups excluding carboxylic acids is 1. The second-order valence-corrected chi connectivity index (χ2v) is 12.9. The number of pyridine rings is 1. The number of aromatic nitrogens is 7. The van der Waals surface area contributed by atoms with Crippen LogP contribution < -0.4 is 10.1 Å². The van der Waals surface area contributed by atoms with E-state index in [1.54, 1.807) is 18.2 Å². The van der Waals surface area contributed by atoms with Crippen LogP contribution in [0.1, 0.15) is 46.1 Å². The summed E-state index contributed by atoms with van der Waals surface area (Å²) < 4.78 is 28.1. The van der Waals surface area contributed by atoms with Crippen molar-refractivity contribution in [3.8, 4) is 5.88 Å². The van der Waals surface area contributed by atoms with Gasteiger partial charge in [-0.05, 0) is 61.7 Å². The van der Waals surface area contributed by atoms with E-state index >= 15 is 0 Å². The molecular formula is C36H33ClFN9O3. The molecular weight excluding hydrogens is 661 g/mol. The Labute approximate surface area is 291 Å². The molecule has 1 amide bonds. The van der Waals surface area contributed by atoms with Gasteiger partial charge in [0.15, 0.2) is 5.65 Å². The van der Waals surface area contributed by atoms with Crippen LogP contribution in [0.2, 0.25) is 5.02 Å². The molecule has 8 rings (SSSR count). The zero-order valence-corrected chi connectivity index (χ0v) is 28.0. The van der Waals surface area contributed by atoms with E-state index in [1.165, 1.54) is 12.3 Å². The third kappa shape index (κ3) is 6.67. The molecule has 14 heteroatoms. The number of hydrogen-bond acceptors (Lipinski definition) is 9. The van der Waals surface area contributed by atoms with Gasteiger partial charge in [0.25, 0.3) is 5.91 Å². The number of H-pyrrole nitrogens is 1. The molecule has 2 aliphatic heterocycles. The van der Waals surface area contributed by atoms with Gasteiger partial charge in [-0.1, -0.05) is 29.8 Å². The van der Waals surface area contributed by atoms with Crippen molar-refractivity contribution in [2.24, 2.45) is 0 Å². The summed E-state index contributed by atoms with van der Waals surface area (Å²) in [5.74, 6) is 0.602. The average Bonchev–Trinajstić information content (AvgIpc) is 3.64. The normalized spacial score (nSPS) is 16.4. The summed E-state index contributed by atoms with van der Waals surface area (Å²) in [5.41, 5.74) is 6.76. The zero-order valence-electron chi connectivity index (χ0n) is 27.2. The van der Waals surface area contributed by atoms with E-state index in [-0.39, 0.29) is 24.3 Å².